The second-order valence-electron chi connectivity index (χ2n) is 8.65. The van der Waals surface area contributed by atoms with Gasteiger partial charge in [-0.1, -0.05) is 6.07 Å². The molecule has 1 aliphatic rings. The Hall–Kier alpha value is -3.13. The predicted octanol–water partition coefficient (Wildman–Crippen LogP) is 5.73. The minimum absolute atomic E-state index is 0.112. The Bertz CT molecular complexity index is 1220. The van der Waals surface area contributed by atoms with Crippen molar-refractivity contribution >= 4 is 23.0 Å². The van der Waals surface area contributed by atoms with Crippen LogP contribution in [0.3, 0.4) is 0 Å². The first-order valence-corrected chi connectivity index (χ1v) is 10.5. The number of halogens is 4. The molecule has 0 spiro atoms. The topological polar surface area (TPSA) is 42.7 Å². The number of ether oxygens (including phenoxy) is 1. The second-order valence-corrected chi connectivity index (χ2v) is 8.65. The zero-order valence-corrected chi connectivity index (χ0v) is 18.4. The zero-order valence-electron chi connectivity index (χ0n) is 18.4. The Labute approximate surface area is 188 Å². The summed E-state index contributed by atoms with van der Waals surface area (Å²) >= 11 is 0. The van der Waals surface area contributed by atoms with Gasteiger partial charge < -0.3 is 9.15 Å². The van der Waals surface area contributed by atoms with Gasteiger partial charge in [0.05, 0.1) is 18.5 Å². The van der Waals surface area contributed by atoms with E-state index in [1.165, 1.54) is 39.2 Å². The van der Waals surface area contributed by atoms with Crippen LogP contribution in [-0.4, -0.2) is 36.7 Å². The molecule has 0 saturated carbocycles. The third-order valence-corrected chi connectivity index (χ3v) is 5.62. The molecule has 0 aliphatic carbocycles. The number of rotatable bonds is 5. The highest BCUT2D eigenvalue weighted by Gasteiger charge is 2.39. The van der Waals surface area contributed by atoms with Crippen LogP contribution in [0.15, 0.2) is 40.8 Å². The maximum atomic E-state index is 15.3. The summed E-state index contributed by atoms with van der Waals surface area (Å²) in [4.78, 5) is 12.9. The summed E-state index contributed by atoms with van der Waals surface area (Å²) in [7, 11) is 1.19. The lowest BCUT2D eigenvalue weighted by Crippen LogP contribution is -2.43. The molecule has 0 saturated heterocycles. The van der Waals surface area contributed by atoms with E-state index in [9.17, 15) is 13.6 Å². The van der Waals surface area contributed by atoms with Crippen molar-refractivity contribution in [2.45, 2.75) is 32.0 Å². The third-order valence-electron chi connectivity index (χ3n) is 5.62. The molecule has 4 rings (SSSR count). The number of benzene rings is 2. The Morgan fingerprint density at radius 3 is 2.55 bits per heavy atom. The van der Waals surface area contributed by atoms with E-state index in [0.29, 0.717) is 12.0 Å². The molecular formula is C25H23F4NO3. The quantitative estimate of drug-likeness (QED) is 0.276. The number of carbonyl (C=O) groups excluding carboxylic acids is 1. The van der Waals surface area contributed by atoms with E-state index in [4.69, 9.17) is 4.42 Å². The molecule has 1 atom stereocenters. The molecule has 3 aromatic rings. The van der Waals surface area contributed by atoms with Crippen LogP contribution in [0.1, 0.15) is 42.3 Å². The van der Waals surface area contributed by atoms with Gasteiger partial charge in [-0.05, 0) is 56.2 Å². The first-order valence-electron chi connectivity index (χ1n) is 10.5. The van der Waals surface area contributed by atoms with Crippen LogP contribution in [-0.2, 0) is 16.0 Å². The van der Waals surface area contributed by atoms with Crippen molar-refractivity contribution in [1.82, 2.24) is 4.90 Å². The summed E-state index contributed by atoms with van der Waals surface area (Å²) in [6, 6.07) is 5.45. The maximum absolute atomic E-state index is 15.3. The van der Waals surface area contributed by atoms with Gasteiger partial charge in [-0.3, -0.25) is 4.90 Å². The molecule has 1 aliphatic heterocycles. The first-order chi connectivity index (χ1) is 15.6. The van der Waals surface area contributed by atoms with Crippen LogP contribution in [0.2, 0.25) is 0 Å². The van der Waals surface area contributed by atoms with E-state index in [1.807, 2.05) is 0 Å². The Morgan fingerprint density at radius 2 is 1.91 bits per heavy atom. The molecule has 174 valence electrons. The normalized spacial score (nSPS) is 17.0. The van der Waals surface area contributed by atoms with E-state index in [-0.39, 0.29) is 40.9 Å². The van der Waals surface area contributed by atoms with Crippen LogP contribution < -0.4 is 0 Å². The maximum Gasteiger partial charge on any atom is 0.330 e. The van der Waals surface area contributed by atoms with Crippen molar-refractivity contribution in [3.05, 3.63) is 76.3 Å². The minimum atomic E-state index is -1.65. The SMILES string of the molecule is COC(=O)/C=C/c1cc(F)c([C@@H]2c3oc4cccc(F)c4c3CCN2CC(C)(C)F)c(F)c1. The van der Waals surface area contributed by atoms with E-state index in [2.05, 4.69) is 4.74 Å². The van der Waals surface area contributed by atoms with Crippen molar-refractivity contribution in [3.63, 3.8) is 0 Å². The fourth-order valence-electron chi connectivity index (χ4n) is 4.37. The number of nitrogens with zero attached hydrogens (tertiary/aromatic N) is 1. The van der Waals surface area contributed by atoms with Gasteiger partial charge in [0.1, 0.15) is 34.5 Å². The fourth-order valence-corrected chi connectivity index (χ4v) is 4.37. The molecular weight excluding hydrogens is 438 g/mol. The molecule has 0 fully saturated rings. The zero-order chi connectivity index (χ0) is 23.9. The predicted molar refractivity (Wildman–Crippen MR) is 116 cm³/mol. The van der Waals surface area contributed by atoms with Gasteiger partial charge in [0.2, 0.25) is 0 Å². The molecule has 4 nitrogen and oxygen atoms in total. The van der Waals surface area contributed by atoms with Crippen LogP contribution in [0, 0.1) is 17.5 Å². The van der Waals surface area contributed by atoms with Crippen molar-refractivity contribution in [1.29, 1.82) is 0 Å². The highest BCUT2D eigenvalue weighted by Crippen LogP contribution is 2.43. The van der Waals surface area contributed by atoms with E-state index < -0.39 is 35.1 Å². The lowest BCUT2D eigenvalue weighted by atomic mass is 9.90. The lowest BCUT2D eigenvalue weighted by molar-refractivity contribution is -0.134. The molecule has 1 aromatic heterocycles. The van der Waals surface area contributed by atoms with E-state index in [0.717, 1.165) is 18.2 Å². The van der Waals surface area contributed by atoms with Gasteiger partial charge in [-0.25, -0.2) is 22.4 Å². The van der Waals surface area contributed by atoms with Crippen molar-refractivity contribution in [2.75, 3.05) is 20.2 Å². The monoisotopic (exact) mass is 461 g/mol. The minimum Gasteiger partial charge on any atom is -0.466 e. The van der Waals surface area contributed by atoms with Gasteiger partial charge in [0, 0.05) is 30.3 Å². The Morgan fingerprint density at radius 1 is 1.21 bits per heavy atom. The van der Waals surface area contributed by atoms with E-state index in [1.54, 1.807) is 11.0 Å². The molecule has 0 bridgehead atoms. The Kier molecular flexibility index (Phi) is 6.05. The number of alkyl halides is 1. The van der Waals surface area contributed by atoms with Crippen LogP contribution in [0.4, 0.5) is 17.6 Å². The summed E-state index contributed by atoms with van der Waals surface area (Å²) < 4.78 is 70.2. The Balaban J connectivity index is 1.87. The van der Waals surface area contributed by atoms with Gasteiger partial charge in [0.25, 0.3) is 0 Å². The van der Waals surface area contributed by atoms with Gasteiger partial charge in [0.15, 0.2) is 0 Å². The number of esters is 1. The molecule has 0 N–H and O–H groups in total. The standard InChI is InChI=1S/C25H23F4NO3/c1-25(2,29)13-30-10-9-15-21-16(26)5-4-6-19(21)33-24(15)23(30)22-17(27)11-14(12-18(22)28)7-8-20(31)32-3/h4-8,11-12,23H,9-10,13H2,1-3H3/b8-7+/t23-/m1/s1. The average molecular weight is 461 g/mol. The lowest BCUT2D eigenvalue weighted by Gasteiger charge is -2.37. The largest absolute Gasteiger partial charge is 0.466 e. The highest BCUT2D eigenvalue weighted by molar-refractivity contribution is 5.87. The van der Waals surface area contributed by atoms with Crippen LogP contribution in [0.5, 0.6) is 0 Å². The summed E-state index contributed by atoms with van der Waals surface area (Å²) in [5.74, 6) is -2.74. The number of methoxy groups -OCH3 is 1. The van der Waals surface area contributed by atoms with Gasteiger partial charge in [-0.15, -0.1) is 0 Å². The smallest absolute Gasteiger partial charge is 0.330 e. The summed E-state index contributed by atoms with van der Waals surface area (Å²) in [6.07, 6.45) is 2.62. The molecule has 2 aromatic carbocycles. The van der Waals surface area contributed by atoms with E-state index >= 15 is 8.78 Å². The van der Waals surface area contributed by atoms with Crippen molar-refractivity contribution in [3.8, 4) is 0 Å². The average Bonchev–Trinajstić information content (AvgIpc) is 3.11. The third kappa shape index (κ3) is 4.53. The van der Waals surface area contributed by atoms with Gasteiger partial charge in [-0.2, -0.15) is 0 Å². The number of hydrogen-bond donors (Lipinski definition) is 0. The molecule has 0 unspecified atom stereocenters. The van der Waals surface area contributed by atoms with Gasteiger partial charge >= 0.3 is 5.97 Å². The molecule has 8 heteroatoms. The van der Waals surface area contributed by atoms with Crippen LogP contribution in [0.25, 0.3) is 17.0 Å². The van der Waals surface area contributed by atoms with Crippen molar-refractivity contribution < 1.29 is 31.5 Å². The second kappa shape index (κ2) is 8.67. The summed E-state index contributed by atoms with van der Waals surface area (Å²) in [6.45, 7) is 2.91. The highest BCUT2D eigenvalue weighted by atomic mass is 19.1. The molecule has 0 radical (unpaired) electrons. The number of fused-ring (bicyclic) bond motifs is 3. The molecule has 0 amide bonds. The molecule has 33 heavy (non-hydrogen) atoms. The summed E-state index contributed by atoms with van der Waals surface area (Å²) in [5, 5.41) is 0.273. The number of hydrogen-bond acceptors (Lipinski definition) is 4. The number of furan rings is 1. The molecule has 2 heterocycles. The summed E-state index contributed by atoms with van der Waals surface area (Å²) in [5.41, 5.74) is -1.07. The first kappa shape index (κ1) is 23.0. The van der Waals surface area contributed by atoms with Crippen molar-refractivity contribution in [2.24, 2.45) is 0 Å². The fraction of sp³-hybridized carbons (Fsp3) is 0.320. The number of carbonyl (C=O) groups is 1. The van der Waals surface area contributed by atoms with Crippen LogP contribution >= 0.6 is 0 Å².